The molecule has 1 aliphatic rings. The molecule has 1 heterocycles. The molecule has 0 aliphatic carbocycles. The summed E-state index contributed by atoms with van der Waals surface area (Å²) in [7, 11) is 0. The number of aliphatic hydroxyl groups is 1. The Kier molecular flexibility index (Phi) is 1.98. The summed E-state index contributed by atoms with van der Waals surface area (Å²) in [5.41, 5.74) is 1.04. The van der Waals surface area contributed by atoms with Crippen LogP contribution in [-0.2, 0) is 4.79 Å². The van der Waals surface area contributed by atoms with Gasteiger partial charge in [0.25, 0.3) is 0 Å². The highest BCUT2D eigenvalue weighted by molar-refractivity contribution is 8.01. The fourth-order valence-electron chi connectivity index (χ4n) is 1.19. The van der Waals surface area contributed by atoms with Gasteiger partial charge >= 0.3 is 0 Å². The smallest absolute Gasteiger partial charge is 0.190 e. The summed E-state index contributed by atoms with van der Waals surface area (Å²) < 4.78 is 0. The number of aldehydes is 1. The number of thioether (sulfide) groups is 1. The Bertz CT molecular complexity index is 373. The summed E-state index contributed by atoms with van der Waals surface area (Å²) in [6, 6.07) is 7.65. The lowest BCUT2D eigenvalue weighted by molar-refractivity contribution is -0.114. The zero-order chi connectivity index (χ0) is 9.31. The predicted octanol–water partition coefficient (Wildman–Crippen LogP) is 1.69. The third-order valence-corrected chi connectivity index (χ3v) is 3.01. The molecule has 1 atom stereocenters. The van der Waals surface area contributed by atoms with Gasteiger partial charge in [-0.3, -0.25) is 4.79 Å². The first kappa shape index (κ1) is 8.53. The van der Waals surface area contributed by atoms with E-state index in [0.717, 1.165) is 22.2 Å². The van der Waals surface area contributed by atoms with E-state index in [-0.39, 0.29) is 0 Å². The third kappa shape index (κ3) is 1.53. The maximum absolute atomic E-state index is 10.6. The van der Waals surface area contributed by atoms with Gasteiger partial charge < -0.3 is 5.11 Å². The van der Waals surface area contributed by atoms with Gasteiger partial charge in [0.1, 0.15) is 0 Å². The minimum absolute atomic E-state index is 0.546. The summed E-state index contributed by atoms with van der Waals surface area (Å²) in [5.74, 6) is 0. The second-order valence-corrected chi connectivity index (χ2v) is 4.14. The third-order valence-electron chi connectivity index (χ3n) is 1.86. The molecule has 1 aromatic carbocycles. The van der Waals surface area contributed by atoms with Gasteiger partial charge in [0, 0.05) is 4.90 Å². The Hall–Kier alpha value is -1.06. The van der Waals surface area contributed by atoms with Gasteiger partial charge in [0.15, 0.2) is 11.2 Å². The van der Waals surface area contributed by atoms with Crippen molar-refractivity contribution in [3.05, 3.63) is 35.9 Å². The van der Waals surface area contributed by atoms with Crippen LogP contribution in [0.15, 0.2) is 35.2 Å². The van der Waals surface area contributed by atoms with E-state index in [4.69, 9.17) is 0 Å². The van der Waals surface area contributed by atoms with E-state index >= 15 is 0 Å². The SMILES string of the molecule is O=CC1(O)C=Cc2ccccc2S1. The molecule has 0 aromatic heterocycles. The second-order valence-electron chi connectivity index (χ2n) is 2.84. The summed E-state index contributed by atoms with van der Waals surface area (Å²) in [6.45, 7) is 0. The molecule has 0 spiro atoms. The predicted molar refractivity (Wildman–Crippen MR) is 52.3 cm³/mol. The van der Waals surface area contributed by atoms with Crippen molar-refractivity contribution in [2.24, 2.45) is 0 Å². The largest absolute Gasteiger partial charge is 0.369 e. The van der Waals surface area contributed by atoms with Crippen molar-refractivity contribution in [1.29, 1.82) is 0 Å². The van der Waals surface area contributed by atoms with Crippen molar-refractivity contribution in [3.8, 4) is 0 Å². The molecule has 1 unspecified atom stereocenters. The van der Waals surface area contributed by atoms with Gasteiger partial charge in [0.05, 0.1) is 0 Å². The molecule has 0 amide bonds. The van der Waals surface area contributed by atoms with Crippen molar-refractivity contribution in [3.63, 3.8) is 0 Å². The van der Waals surface area contributed by atoms with Crippen LogP contribution in [0.1, 0.15) is 5.56 Å². The van der Waals surface area contributed by atoms with Crippen LogP contribution in [0.5, 0.6) is 0 Å². The number of fused-ring (bicyclic) bond motifs is 1. The lowest BCUT2D eigenvalue weighted by Crippen LogP contribution is -2.24. The van der Waals surface area contributed by atoms with Gasteiger partial charge in [-0.2, -0.15) is 0 Å². The van der Waals surface area contributed by atoms with Gasteiger partial charge in [-0.1, -0.05) is 36.0 Å². The van der Waals surface area contributed by atoms with Crippen molar-refractivity contribution >= 4 is 24.1 Å². The molecule has 2 rings (SSSR count). The monoisotopic (exact) mass is 192 g/mol. The van der Waals surface area contributed by atoms with E-state index in [1.54, 1.807) is 6.08 Å². The van der Waals surface area contributed by atoms with E-state index in [0.29, 0.717) is 6.29 Å². The zero-order valence-corrected chi connectivity index (χ0v) is 7.62. The first-order chi connectivity index (χ1) is 6.23. The molecular weight excluding hydrogens is 184 g/mol. The average molecular weight is 192 g/mol. The Morgan fingerprint density at radius 2 is 2.15 bits per heavy atom. The zero-order valence-electron chi connectivity index (χ0n) is 6.81. The Morgan fingerprint density at radius 1 is 1.38 bits per heavy atom. The maximum atomic E-state index is 10.6. The van der Waals surface area contributed by atoms with Crippen molar-refractivity contribution in [1.82, 2.24) is 0 Å². The van der Waals surface area contributed by atoms with Crippen LogP contribution in [0.3, 0.4) is 0 Å². The number of carbonyl (C=O) groups excluding carboxylic acids is 1. The molecule has 0 saturated heterocycles. The molecule has 0 saturated carbocycles. The summed E-state index contributed by atoms with van der Waals surface area (Å²) in [4.78, 5) is 10.1. The van der Waals surface area contributed by atoms with Crippen LogP contribution < -0.4 is 0 Å². The van der Waals surface area contributed by atoms with Crippen molar-refractivity contribution in [2.45, 2.75) is 9.83 Å². The number of benzene rings is 1. The first-order valence-electron chi connectivity index (χ1n) is 3.89. The standard InChI is InChI=1S/C10H8O2S/c11-7-10(12)6-5-8-3-1-2-4-9(8)13-10/h1-7,12H. The van der Waals surface area contributed by atoms with E-state index in [1.165, 1.54) is 6.08 Å². The van der Waals surface area contributed by atoms with Gasteiger partial charge in [0.2, 0.25) is 0 Å². The minimum Gasteiger partial charge on any atom is -0.369 e. The van der Waals surface area contributed by atoms with E-state index in [9.17, 15) is 9.90 Å². The lowest BCUT2D eigenvalue weighted by atomic mass is 10.2. The van der Waals surface area contributed by atoms with Gasteiger partial charge in [-0.15, -0.1) is 0 Å². The Balaban J connectivity index is 2.44. The topological polar surface area (TPSA) is 37.3 Å². The van der Waals surface area contributed by atoms with E-state index in [1.807, 2.05) is 24.3 Å². The Labute approximate surface area is 80.3 Å². The molecule has 0 fully saturated rings. The quantitative estimate of drug-likeness (QED) is 0.688. The highest BCUT2D eigenvalue weighted by Crippen LogP contribution is 2.37. The van der Waals surface area contributed by atoms with Crippen molar-refractivity contribution in [2.75, 3.05) is 0 Å². The first-order valence-corrected chi connectivity index (χ1v) is 4.71. The van der Waals surface area contributed by atoms with Crippen LogP contribution in [0.2, 0.25) is 0 Å². The normalized spacial score (nSPS) is 25.3. The summed E-state index contributed by atoms with van der Waals surface area (Å²) in [5, 5.41) is 9.63. The molecular formula is C10H8O2S. The molecule has 3 heteroatoms. The summed E-state index contributed by atoms with van der Waals surface area (Å²) in [6.07, 6.45) is 3.82. The van der Waals surface area contributed by atoms with Crippen LogP contribution >= 0.6 is 11.8 Å². The molecule has 1 aromatic rings. The van der Waals surface area contributed by atoms with E-state index in [2.05, 4.69) is 0 Å². The minimum atomic E-state index is -1.38. The molecule has 66 valence electrons. The second kappa shape index (κ2) is 3.01. The van der Waals surface area contributed by atoms with Crippen molar-refractivity contribution < 1.29 is 9.90 Å². The highest BCUT2D eigenvalue weighted by Gasteiger charge is 2.27. The molecule has 0 bridgehead atoms. The number of hydrogen-bond donors (Lipinski definition) is 1. The fraction of sp³-hybridized carbons (Fsp3) is 0.100. The summed E-state index contributed by atoms with van der Waals surface area (Å²) >= 11 is 1.16. The molecule has 13 heavy (non-hydrogen) atoms. The van der Waals surface area contributed by atoms with Gasteiger partial charge in [-0.25, -0.2) is 0 Å². The lowest BCUT2D eigenvalue weighted by Gasteiger charge is -2.21. The van der Waals surface area contributed by atoms with Crippen LogP contribution in [0.25, 0.3) is 6.08 Å². The fourth-order valence-corrected chi connectivity index (χ4v) is 2.13. The molecule has 1 aliphatic heterocycles. The van der Waals surface area contributed by atoms with E-state index < -0.39 is 4.93 Å². The number of carbonyl (C=O) groups is 1. The average Bonchev–Trinajstić information content (AvgIpc) is 2.18. The maximum Gasteiger partial charge on any atom is 0.190 e. The molecule has 1 N–H and O–H groups in total. The molecule has 0 radical (unpaired) electrons. The Morgan fingerprint density at radius 3 is 2.92 bits per heavy atom. The van der Waals surface area contributed by atoms with Crippen LogP contribution in [0, 0.1) is 0 Å². The number of hydrogen-bond acceptors (Lipinski definition) is 3. The van der Waals surface area contributed by atoms with Crippen LogP contribution in [0.4, 0.5) is 0 Å². The number of rotatable bonds is 1. The molecule has 2 nitrogen and oxygen atoms in total. The van der Waals surface area contributed by atoms with Crippen LogP contribution in [-0.4, -0.2) is 16.3 Å². The highest BCUT2D eigenvalue weighted by atomic mass is 32.2. The van der Waals surface area contributed by atoms with Gasteiger partial charge in [-0.05, 0) is 17.7 Å².